The summed E-state index contributed by atoms with van der Waals surface area (Å²) in [5, 5.41) is 2.77. The fourth-order valence-electron chi connectivity index (χ4n) is 3.29. The lowest BCUT2D eigenvalue weighted by molar-refractivity contribution is -0.116. The molecule has 0 unspecified atom stereocenters. The van der Waals surface area contributed by atoms with Crippen molar-refractivity contribution in [3.63, 3.8) is 0 Å². The largest absolute Gasteiger partial charge is 0.485 e. The van der Waals surface area contributed by atoms with E-state index in [0.717, 1.165) is 11.3 Å². The van der Waals surface area contributed by atoms with Gasteiger partial charge in [-0.2, -0.15) is 0 Å². The quantitative estimate of drug-likeness (QED) is 0.620. The molecule has 1 heterocycles. The second kappa shape index (κ2) is 7.91. The summed E-state index contributed by atoms with van der Waals surface area (Å²) in [4.78, 5) is 36.6. The number of nitrogens with one attached hydrogen (secondary N) is 1. The molecule has 3 aromatic rings. The minimum absolute atomic E-state index is 0.0823. The van der Waals surface area contributed by atoms with Crippen molar-refractivity contribution in [1.82, 2.24) is 0 Å². The van der Waals surface area contributed by atoms with Crippen molar-refractivity contribution in [2.45, 2.75) is 12.8 Å². The second-order valence-corrected chi connectivity index (χ2v) is 7.09. The van der Waals surface area contributed by atoms with Crippen LogP contribution in [0.25, 0.3) is 0 Å². The smallest absolute Gasteiger partial charge is 0.231 e. The van der Waals surface area contributed by atoms with Gasteiger partial charge in [-0.05, 0) is 79.2 Å². The molecule has 30 heavy (non-hydrogen) atoms. The van der Waals surface area contributed by atoms with Crippen molar-refractivity contribution in [3.05, 3.63) is 94.8 Å². The van der Waals surface area contributed by atoms with Gasteiger partial charge in [-0.3, -0.25) is 14.4 Å². The Morgan fingerprint density at radius 2 is 1.53 bits per heavy atom. The summed E-state index contributed by atoms with van der Waals surface area (Å²) in [5.41, 5.74) is 2.82. The monoisotopic (exact) mass is 403 g/mol. The highest BCUT2D eigenvalue weighted by Crippen LogP contribution is 2.32. The summed E-state index contributed by atoms with van der Waals surface area (Å²) in [7, 11) is 0. The molecule has 1 aliphatic heterocycles. The third-order valence-electron chi connectivity index (χ3n) is 5.08. The molecule has 0 saturated heterocycles. The predicted molar refractivity (Wildman–Crippen MR) is 110 cm³/mol. The van der Waals surface area contributed by atoms with Crippen molar-refractivity contribution in [3.8, 4) is 5.75 Å². The van der Waals surface area contributed by atoms with Crippen LogP contribution in [0.2, 0.25) is 0 Å². The van der Waals surface area contributed by atoms with Crippen molar-refractivity contribution in [2.24, 2.45) is 0 Å². The van der Waals surface area contributed by atoms with Gasteiger partial charge in [-0.25, -0.2) is 4.39 Å². The zero-order valence-electron chi connectivity index (χ0n) is 16.1. The third kappa shape index (κ3) is 3.85. The van der Waals surface area contributed by atoms with Gasteiger partial charge in [0.1, 0.15) is 11.6 Å². The van der Waals surface area contributed by atoms with Gasteiger partial charge in [0.25, 0.3) is 0 Å². The van der Waals surface area contributed by atoms with E-state index in [-0.39, 0.29) is 30.0 Å². The molecule has 1 N–H and O–H groups in total. The zero-order valence-corrected chi connectivity index (χ0v) is 16.1. The first kappa shape index (κ1) is 19.5. The molecule has 0 fully saturated rings. The maximum atomic E-state index is 13.0. The molecular weight excluding hydrogens is 385 g/mol. The molecule has 0 aliphatic carbocycles. The van der Waals surface area contributed by atoms with Crippen LogP contribution in [0, 0.1) is 5.82 Å². The number of hydrogen-bond donors (Lipinski definition) is 1. The molecule has 1 atom stereocenters. The van der Waals surface area contributed by atoms with Crippen molar-refractivity contribution >= 4 is 23.2 Å². The maximum Gasteiger partial charge on any atom is 0.231 e. The lowest BCUT2D eigenvalue weighted by atomic mass is 9.99. The number of rotatable bonds is 6. The topological polar surface area (TPSA) is 72.5 Å². The number of anilines is 1. The summed E-state index contributed by atoms with van der Waals surface area (Å²) in [6.07, 6.45) is 0. The number of fused-ring (bicyclic) bond motifs is 1. The van der Waals surface area contributed by atoms with Crippen LogP contribution in [0.15, 0.2) is 66.7 Å². The lowest BCUT2D eigenvalue weighted by Gasteiger charge is -2.08. The number of ketones is 2. The Kier molecular flexibility index (Phi) is 5.14. The van der Waals surface area contributed by atoms with Crippen molar-refractivity contribution in [2.75, 3.05) is 11.9 Å². The Morgan fingerprint density at radius 3 is 2.20 bits per heavy atom. The number of amides is 1. The Balaban J connectivity index is 1.40. The van der Waals surface area contributed by atoms with Crippen LogP contribution in [-0.2, 0) is 4.79 Å². The fraction of sp³-hybridized carbons (Fsp3) is 0.125. The molecule has 1 amide bonds. The van der Waals surface area contributed by atoms with E-state index in [1.165, 1.54) is 24.3 Å². The SMILES string of the molecule is C[C@H]1C(=O)Nc2ccc(C(=O)COc3ccc(C(=O)c4ccc(F)cc4)cc3)cc21. The number of Topliss-reactive ketones (excluding diaryl/α,β-unsaturated/α-hetero) is 1. The van der Waals surface area contributed by atoms with Gasteiger partial charge in [0.15, 0.2) is 18.2 Å². The first-order chi connectivity index (χ1) is 14.4. The lowest BCUT2D eigenvalue weighted by Crippen LogP contribution is -2.12. The van der Waals surface area contributed by atoms with Crippen LogP contribution in [0.4, 0.5) is 10.1 Å². The van der Waals surface area contributed by atoms with Crippen LogP contribution >= 0.6 is 0 Å². The number of carbonyl (C=O) groups is 3. The Hall–Kier alpha value is -3.80. The van der Waals surface area contributed by atoms with E-state index >= 15 is 0 Å². The van der Waals surface area contributed by atoms with E-state index in [1.54, 1.807) is 49.4 Å². The van der Waals surface area contributed by atoms with Gasteiger partial charge in [-0.1, -0.05) is 0 Å². The highest BCUT2D eigenvalue weighted by atomic mass is 19.1. The number of hydrogen-bond acceptors (Lipinski definition) is 4. The van der Waals surface area contributed by atoms with E-state index in [9.17, 15) is 18.8 Å². The highest BCUT2D eigenvalue weighted by Gasteiger charge is 2.27. The molecule has 5 nitrogen and oxygen atoms in total. The maximum absolute atomic E-state index is 13.0. The average Bonchev–Trinajstić information content (AvgIpc) is 3.05. The Morgan fingerprint density at radius 1 is 0.933 bits per heavy atom. The first-order valence-electron chi connectivity index (χ1n) is 9.43. The van der Waals surface area contributed by atoms with E-state index in [4.69, 9.17) is 4.74 Å². The first-order valence-corrected chi connectivity index (χ1v) is 9.43. The van der Waals surface area contributed by atoms with Crippen molar-refractivity contribution in [1.29, 1.82) is 0 Å². The molecule has 0 radical (unpaired) electrons. The van der Waals surface area contributed by atoms with Crippen LogP contribution in [0.5, 0.6) is 5.75 Å². The number of ether oxygens (including phenoxy) is 1. The zero-order chi connectivity index (χ0) is 21.3. The van der Waals surface area contributed by atoms with Gasteiger partial charge in [-0.15, -0.1) is 0 Å². The molecule has 150 valence electrons. The minimum atomic E-state index is -0.402. The summed E-state index contributed by atoms with van der Waals surface area (Å²) < 4.78 is 18.6. The highest BCUT2D eigenvalue weighted by molar-refractivity contribution is 6.09. The molecule has 6 heteroatoms. The van der Waals surface area contributed by atoms with Gasteiger partial charge in [0.05, 0.1) is 5.92 Å². The van der Waals surface area contributed by atoms with Gasteiger partial charge < -0.3 is 10.1 Å². The van der Waals surface area contributed by atoms with E-state index in [0.29, 0.717) is 22.4 Å². The summed E-state index contributed by atoms with van der Waals surface area (Å²) in [5.74, 6) is -0.768. The Labute approximate surface area is 172 Å². The van der Waals surface area contributed by atoms with E-state index < -0.39 is 5.82 Å². The molecule has 0 bridgehead atoms. The number of benzene rings is 3. The molecule has 0 aromatic heterocycles. The van der Waals surface area contributed by atoms with Crippen molar-refractivity contribution < 1.29 is 23.5 Å². The van der Waals surface area contributed by atoms with Crippen LogP contribution in [0.3, 0.4) is 0 Å². The van der Waals surface area contributed by atoms with E-state index in [1.807, 2.05) is 0 Å². The van der Waals surface area contributed by atoms with Crippen LogP contribution < -0.4 is 10.1 Å². The third-order valence-corrected chi connectivity index (χ3v) is 5.08. The molecule has 1 aliphatic rings. The Bertz CT molecular complexity index is 1140. The number of carbonyl (C=O) groups excluding carboxylic acids is 3. The summed E-state index contributed by atoms with van der Waals surface area (Å²) >= 11 is 0. The second-order valence-electron chi connectivity index (χ2n) is 7.09. The van der Waals surface area contributed by atoms with Gasteiger partial charge >= 0.3 is 0 Å². The summed E-state index contributed by atoms with van der Waals surface area (Å²) in [6.45, 7) is 1.63. The predicted octanol–water partition coefficient (Wildman–Crippen LogP) is 4.37. The van der Waals surface area contributed by atoms with Crippen LogP contribution in [-0.4, -0.2) is 24.1 Å². The standard InChI is InChI=1S/C24H18FNO4/c1-14-20-12-17(6-11-21(20)26-24(14)29)22(27)13-30-19-9-4-16(5-10-19)23(28)15-2-7-18(25)8-3-15/h2-12,14H,13H2,1H3,(H,26,29)/t14-/m1/s1. The van der Waals surface area contributed by atoms with Crippen LogP contribution in [0.1, 0.15) is 44.7 Å². The average molecular weight is 403 g/mol. The van der Waals surface area contributed by atoms with Gasteiger partial charge in [0, 0.05) is 22.4 Å². The molecule has 4 rings (SSSR count). The van der Waals surface area contributed by atoms with E-state index in [2.05, 4.69) is 5.32 Å². The number of halogens is 1. The molecule has 0 saturated carbocycles. The minimum Gasteiger partial charge on any atom is -0.485 e. The molecule has 0 spiro atoms. The molecule has 3 aromatic carbocycles. The fourth-order valence-corrected chi connectivity index (χ4v) is 3.29. The van der Waals surface area contributed by atoms with Gasteiger partial charge in [0.2, 0.25) is 5.91 Å². The normalized spacial score (nSPS) is 14.7. The summed E-state index contributed by atoms with van der Waals surface area (Å²) in [6, 6.07) is 16.8. The molecular formula is C24H18FNO4.